The molecule has 2 heterocycles. The molecule has 2 atom stereocenters. The number of rotatable bonds is 4. The molecule has 2 fully saturated rings. The van der Waals surface area contributed by atoms with Crippen molar-refractivity contribution in [3.05, 3.63) is 23.8 Å². The van der Waals surface area contributed by atoms with E-state index in [0.29, 0.717) is 11.9 Å². The van der Waals surface area contributed by atoms with Gasteiger partial charge in [-0.15, -0.1) is 0 Å². The topological polar surface area (TPSA) is 57.2 Å². The zero-order valence-electron chi connectivity index (χ0n) is 16.9. The minimum absolute atomic E-state index is 0.0696. The second kappa shape index (κ2) is 8.81. The molecule has 2 aliphatic heterocycles. The molecule has 0 aromatic heterocycles. The highest BCUT2D eigenvalue weighted by Crippen LogP contribution is 2.34. The number of allylic oxidation sites excluding steroid dienone is 2. The van der Waals surface area contributed by atoms with Crippen LogP contribution in [0, 0.1) is 11.8 Å². The summed E-state index contributed by atoms with van der Waals surface area (Å²) in [5.74, 6) is -0.180. The summed E-state index contributed by atoms with van der Waals surface area (Å²) in [5, 5.41) is 7.10. The quantitative estimate of drug-likeness (QED) is 0.777. The third-order valence-electron chi connectivity index (χ3n) is 6.57. The van der Waals surface area contributed by atoms with Gasteiger partial charge in [0.1, 0.15) is 11.7 Å². The van der Waals surface area contributed by atoms with Crippen LogP contribution in [0.1, 0.15) is 39.0 Å². The lowest BCUT2D eigenvalue weighted by molar-refractivity contribution is -0.119. The Bertz CT molecular complexity index is 707. The van der Waals surface area contributed by atoms with Crippen LogP contribution in [0.3, 0.4) is 0 Å². The summed E-state index contributed by atoms with van der Waals surface area (Å²) in [6, 6.07) is 0.351. The molecule has 1 saturated carbocycles. The number of hydrogen-bond donors (Lipinski definition) is 1. The molecular formula is C21H30F2N4O2. The van der Waals surface area contributed by atoms with Crippen LogP contribution in [0.5, 0.6) is 0 Å². The lowest BCUT2D eigenvalue weighted by Crippen LogP contribution is -2.50. The number of carbonyl (C=O) groups is 1. The molecule has 1 amide bonds. The van der Waals surface area contributed by atoms with Crippen molar-refractivity contribution in [1.29, 1.82) is 0 Å². The molecule has 0 aromatic carbocycles. The second-order valence-electron chi connectivity index (χ2n) is 8.62. The SMILES string of the molecule is CC(=O)N[C@H]1CC[C@H](CCN2CCN(C3=NOC4C(F)=CC(F)=CC34)CC2)CC1. The van der Waals surface area contributed by atoms with Crippen LogP contribution in [-0.4, -0.2) is 66.4 Å². The second-order valence-corrected chi connectivity index (χ2v) is 8.62. The van der Waals surface area contributed by atoms with Gasteiger partial charge in [-0.1, -0.05) is 5.16 Å². The molecule has 1 saturated heterocycles. The van der Waals surface area contributed by atoms with Crippen LogP contribution in [0.15, 0.2) is 29.0 Å². The molecule has 0 radical (unpaired) electrons. The normalized spacial score (nSPS) is 32.7. The first-order chi connectivity index (χ1) is 14.0. The van der Waals surface area contributed by atoms with Gasteiger partial charge in [-0.3, -0.25) is 9.69 Å². The summed E-state index contributed by atoms with van der Waals surface area (Å²) in [4.78, 5) is 21.0. The highest BCUT2D eigenvalue weighted by atomic mass is 19.1. The van der Waals surface area contributed by atoms with Crippen molar-refractivity contribution in [2.75, 3.05) is 32.7 Å². The maximum atomic E-state index is 13.9. The van der Waals surface area contributed by atoms with E-state index in [1.165, 1.54) is 25.3 Å². The van der Waals surface area contributed by atoms with E-state index in [1.54, 1.807) is 6.92 Å². The van der Waals surface area contributed by atoms with Crippen molar-refractivity contribution in [3.63, 3.8) is 0 Å². The molecule has 0 aromatic rings. The molecule has 1 N–H and O–H groups in total. The standard InChI is InChI=1S/C21H30F2N4O2/c1-14(28)24-17-4-2-15(3-5-17)6-7-26-8-10-27(11-9-26)21-18-12-16(22)13-19(23)20(18)29-25-21/h12-13,15,17-18,20H,2-11H2,1H3,(H,24,28)/t15-,17-,18?,20?. The molecule has 8 heteroatoms. The Morgan fingerprint density at radius 1 is 1.21 bits per heavy atom. The Balaban J connectivity index is 1.19. The van der Waals surface area contributed by atoms with E-state index < -0.39 is 23.7 Å². The first-order valence-electron chi connectivity index (χ1n) is 10.7. The fourth-order valence-electron chi connectivity index (χ4n) is 4.91. The molecule has 2 aliphatic carbocycles. The monoisotopic (exact) mass is 408 g/mol. The molecule has 2 unspecified atom stereocenters. The number of oxime groups is 1. The number of amidine groups is 1. The van der Waals surface area contributed by atoms with Crippen LogP contribution >= 0.6 is 0 Å². The predicted octanol–water partition coefficient (Wildman–Crippen LogP) is 2.74. The van der Waals surface area contributed by atoms with Crippen LogP contribution in [0.25, 0.3) is 0 Å². The smallest absolute Gasteiger partial charge is 0.217 e. The minimum Gasteiger partial charge on any atom is -0.383 e. The van der Waals surface area contributed by atoms with Gasteiger partial charge in [0.05, 0.1) is 5.92 Å². The van der Waals surface area contributed by atoms with Gasteiger partial charge in [-0.25, -0.2) is 8.78 Å². The molecule has 4 rings (SSSR count). The van der Waals surface area contributed by atoms with Crippen molar-refractivity contribution in [1.82, 2.24) is 15.1 Å². The largest absolute Gasteiger partial charge is 0.383 e. The van der Waals surface area contributed by atoms with Gasteiger partial charge in [0.2, 0.25) is 5.91 Å². The van der Waals surface area contributed by atoms with Crippen LogP contribution in [-0.2, 0) is 9.63 Å². The first-order valence-corrected chi connectivity index (χ1v) is 10.7. The van der Waals surface area contributed by atoms with Crippen LogP contribution < -0.4 is 5.32 Å². The molecular weight excluding hydrogens is 378 g/mol. The zero-order valence-corrected chi connectivity index (χ0v) is 16.9. The Kier molecular flexibility index (Phi) is 6.18. The van der Waals surface area contributed by atoms with Gasteiger partial charge in [0, 0.05) is 45.2 Å². The number of halogens is 2. The number of nitrogens with zero attached hydrogens (tertiary/aromatic N) is 3. The first kappa shape index (κ1) is 20.3. The Morgan fingerprint density at radius 2 is 1.93 bits per heavy atom. The van der Waals surface area contributed by atoms with Crippen molar-refractivity contribution in [2.45, 2.75) is 51.2 Å². The van der Waals surface area contributed by atoms with Crippen LogP contribution in [0.4, 0.5) is 8.78 Å². The number of amides is 1. The summed E-state index contributed by atoms with van der Waals surface area (Å²) in [6.07, 6.45) is 7.18. The molecule has 4 aliphatic rings. The third kappa shape index (κ3) is 4.79. The Hall–Kier alpha value is -1.96. The van der Waals surface area contributed by atoms with Crippen LogP contribution in [0.2, 0.25) is 0 Å². The highest BCUT2D eigenvalue weighted by Gasteiger charge is 2.41. The van der Waals surface area contributed by atoms with Crippen molar-refractivity contribution >= 4 is 11.7 Å². The predicted molar refractivity (Wildman–Crippen MR) is 106 cm³/mol. The van der Waals surface area contributed by atoms with Crippen molar-refractivity contribution in [2.24, 2.45) is 17.0 Å². The Morgan fingerprint density at radius 3 is 2.62 bits per heavy atom. The summed E-state index contributed by atoms with van der Waals surface area (Å²) in [5.41, 5.74) is 0. The molecule has 160 valence electrons. The molecule has 0 spiro atoms. The van der Waals surface area contributed by atoms with E-state index in [4.69, 9.17) is 4.84 Å². The number of carbonyl (C=O) groups excluding carboxylic acids is 1. The van der Waals surface area contributed by atoms with Crippen molar-refractivity contribution < 1.29 is 18.4 Å². The van der Waals surface area contributed by atoms with Gasteiger partial charge in [-0.05, 0) is 50.6 Å². The highest BCUT2D eigenvalue weighted by molar-refractivity contribution is 5.88. The average molecular weight is 408 g/mol. The number of hydrogen-bond acceptors (Lipinski definition) is 5. The fourth-order valence-corrected chi connectivity index (χ4v) is 4.91. The number of nitrogens with one attached hydrogen (secondary N) is 1. The third-order valence-corrected chi connectivity index (χ3v) is 6.57. The zero-order chi connectivity index (χ0) is 20.4. The number of piperazine rings is 1. The van der Waals surface area contributed by atoms with E-state index in [0.717, 1.165) is 57.6 Å². The van der Waals surface area contributed by atoms with E-state index in [2.05, 4.69) is 20.3 Å². The molecule has 6 nitrogen and oxygen atoms in total. The fraction of sp³-hybridized carbons (Fsp3) is 0.714. The van der Waals surface area contributed by atoms with Gasteiger partial charge in [0.15, 0.2) is 11.9 Å². The van der Waals surface area contributed by atoms with Gasteiger partial charge in [-0.2, -0.15) is 0 Å². The summed E-state index contributed by atoms with van der Waals surface area (Å²) >= 11 is 0. The maximum Gasteiger partial charge on any atom is 0.217 e. The van der Waals surface area contributed by atoms with Gasteiger partial charge in [0.25, 0.3) is 0 Å². The summed E-state index contributed by atoms with van der Waals surface area (Å²) < 4.78 is 27.5. The minimum atomic E-state index is -0.810. The summed E-state index contributed by atoms with van der Waals surface area (Å²) in [7, 11) is 0. The molecule has 0 bridgehead atoms. The van der Waals surface area contributed by atoms with E-state index in [1.807, 2.05) is 0 Å². The summed E-state index contributed by atoms with van der Waals surface area (Å²) in [6.45, 7) is 6.08. The average Bonchev–Trinajstić information content (AvgIpc) is 3.11. The van der Waals surface area contributed by atoms with E-state index in [9.17, 15) is 13.6 Å². The van der Waals surface area contributed by atoms with Crippen molar-refractivity contribution in [3.8, 4) is 0 Å². The van der Waals surface area contributed by atoms with Gasteiger partial charge < -0.3 is 15.1 Å². The van der Waals surface area contributed by atoms with E-state index in [-0.39, 0.29) is 5.91 Å². The lowest BCUT2D eigenvalue weighted by atomic mass is 9.84. The van der Waals surface area contributed by atoms with E-state index >= 15 is 0 Å². The lowest BCUT2D eigenvalue weighted by Gasteiger charge is -2.37. The maximum absolute atomic E-state index is 13.9. The van der Waals surface area contributed by atoms with Gasteiger partial charge >= 0.3 is 0 Å². The molecule has 29 heavy (non-hydrogen) atoms. The number of fused-ring (bicyclic) bond motifs is 1. The Labute approximate surface area is 170 Å².